The van der Waals surface area contributed by atoms with Crippen molar-refractivity contribution in [2.45, 2.75) is 6.92 Å². The Hall–Kier alpha value is -1.58. The molecule has 0 spiro atoms. The minimum Gasteiger partial charge on any atom is -0.441 e. The summed E-state index contributed by atoms with van der Waals surface area (Å²) in [4.78, 5) is 15.4. The molecule has 0 saturated carbocycles. The van der Waals surface area contributed by atoms with E-state index in [1.807, 2.05) is 0 Å². The summed E-state index contributed by atoms with van der Waals surface area (Å²) in [7, 11) is 1.69. The van der Waals surface area contributed by atoms with E-state index < -0.39 is 0 Å². The SMILES string of the molecule is Cc1nc2c(=O)n(C)ccc2o1. The second-order valence-corrected chi connectivity index (χ2v) is 2.68. The van der Waals surface area contributed by atoms with Gasteiger partial charge in [-0.3, -0.25) is 4.79 Å². The molecule has 0 saturated heterocycles. The van der Waals surface area contributed by atoms with E-state index in [4.69, 9.17) is 4.42 Å². The van der Waals surface area contributed by atoms with Gasteiger partial charge in [0.25, 0.3) is 5.56 Å². The van der Waals surface area contributed by atoms with Gasteiger partial charge in [0.15, 0.2) is 17.0 Å². The van der Waals surface area contributed by atoms with Crippen molar-refractivity contribution in [1.29, 1.82) is 0 Å². The van der Waals surface area contributed by atoms with Crippen molar-refractivity contribution in [2.75, 3.05) is 0 Å². The molecule has 0 aliphatic carbocycles. The van der Waals surface area contributed by atoms with Gasteiger partial charge >= 0.3 is 0 Å². The third kappa shape index (κ3) is 0.845. The highest BCUT2D eigenvalue weighted by Gasteiger charge is 2.05. The number of nitrogens with zero attached hydrogens (tertiary/aromatic N) is 2. The van der Waals surface area contributed by atoms with Gasteiger partial charge in [-0.15, -0.1) is 0 Å². The number of rotatable bonds is 0. The third-order valence-corrected chi connectivity index (χ3v) is 1.73. The molecule has 4 nitrogen and oxygen atoms in total. The number of oxazole rings is 1. The van der Waals surface area contributed by atoms with Crippen molar-refractivity contribution in [3.8, 4) is 0 Å². The molecule has 4 heteroatoms. The van der Waals surface area contributed by atoms with Crippen LogP contribution in [-0.4, -0.2) is 9.55 Å². The topological polar surface area (TPSA) is 48.0 Å². The lowest BCUT2D eigenvalue weighted by molar-refractivity contribution is 0.560. The van der Waals surface area contributed by atoms with Gasteiger partial charge in [0.1, 0.15) is 0 Å². The summed E-state index contributed by atoms with van der Waals surface area (Å²) >= 11 is 0. The zero-order valence-corrected chi connectivity index (χ0v) is 6.87. The first-order valence-corrected chi connectivity index (χ1v) is 3.61. The van der Waals surface area contributed by atoms with Crippen LogP contribution in [0.3, 0.4) is 0 Å². The lowest BCUT2D eigenvalue weighted by atomic mass is 10.4. The molecule has 0 aliphatic rings. The summed E-state index contributed by atoms with van der Waals surface area (Å²) in [6, 6.07) is 1.73. The van der Waals surface area contributed by atoms with Gasteiger partial charge in [-0.25, -0.2) is 4.98 Å². The van der Waals surface area contributed by atoms with Crippen LogP contribution in [0.5, 0.6) is 0 Å². The Balaban J connectivity index is 2.99. The number of hydrogen-bond donors (Lipinski definition) is 0. The van der Waals surface area contributed by atoms with E-state index in [1.54, 1.807) is 26.2 Å². The van der Waals surface area contributed by atoms with Crippen LogP contribution in [0.4, 0.5) is 0 Å². The van der Waals surface area contributed by atoms with Crippen LogP contribution in [-0.2, 0) is 7.05 Å². The van der Waals surface area contributed by atoms with Crippen molar-refractivity contribution < 1.29 is 4.42 Å². The van der Waals surface area contributed by atoms with Gasteiger partial charge in [0, 0.05) is 20.2 Å². The molecular weight excluding hydrogens is 156 g/mol. The molecule has 0 atom stereocenters. The molecule has 2 heterocycles. The first kappa shape index (κ1) is 7.09. The van der Waals surface area contributed by atoms with Gasteiger partial charge < -0.3 is 8.98 Å². The van der Waals surface area contributed by atoms with Crippen LogP contribution in [0, 0.1) is 6.92 Å². The molecule has 2 rings (SSSR count). The largest absolute Gasteiger partial charge is 0.441 e. The van der Waals surface area contributed by atoms with E-state index in [9.17, 15) is 4.79 Å². The lowest BCUT2D eigenvalue weighted by Gasteiger charge is -1.92. The van der Waals surface area contributed by atoms with Gasteiger partial charge in [-0.1, -0.05) is 0 Å². The Morgan fingerprint density at radius 2 is 2.33 bits per heavy atom. The molecule has 0 bridgehead atoms. The zero-order chi connectivity index (χ0) is 8.72. The normalized spacial score (nSPS) is 10.8. The number of hydrogen-bond acceptors (Lipinski definition) is 3. The molecule has 2 aromatic heterocycles. The van der Waals surface area contributed by atoms with Crippen LogP contribution in [0.15, 0.2) is 21.5 Å². The van der Waals surface area contributed by atoms with E-state index in [1.165, 1.54) is 4.57 Å². The average molecular weight is 164 g/mol. The first-order valence-electron chi connectivity index (χ1n) is 3.61. The number of aryl methyl sites for hydroxylation is 2. The summed E-state index contributed by atoms with van der Waals surface area (Å²) < 4.78 is 6.66. The van der Waals surface area contributed by atoms with E-state index in [-0.39, 0.29) is 5.56 Å². The number of pyridine rings is 1. The molecule has 62 valence electrons. The van der Waals surface area contributed by atoms with Crippen molar-refractivity contribution >= 4 is 11.1 Å². The van der Waals surface area contributed by atoms with E-state index >= 15 is 0 Å². The number of fused-ring (bicyclic) bond motifs is 1. The fourth-order valence-electron chi connectivity index (χ4n) is 1.12. The van der Waals surface area contributed by atoms with Crippen molar-refractivity contribution in [3.63, 3.8) is 0 Å². The quantitative estimate of drug-likeness (QED) is 0.579. The van der Waals surface area contributed by atoms with E-state index in [2.05, 4.69) is 4.98 Å². The zero-order valence-electron chi connectivity index (χ0n) is 6.87. The summed E-state index contributed by atoms with van der Waals surface area (Å²) in [5, 5.41) is 0. The Bertz CT molecular complexity index is 481. The van der Waals surface area contributed by atoms with Crippen molar-refractivity contribution in [2.24, 2.45) is 7.05 Å². The molecule has 2 aromatic rings. The molecule has 12 heavy (non-hydrogen) atoms. The molecule has 0 aromatic carbocycles. The molecule has 0 N–H and O–H groups in total. The predicted molar refractivity (Wildman–Crippen MR) is 44.0 cm³/mol. The summed E-state index contributed by atoms with van der Waals surface area (Å²) in [6.07, 6.45) is 1.66. The number of aromatic nitrogens is 2. The molecule has 0 aliphatic heterocycles. The first-order chi connectivity index (χ1) is 5.68. The highest BCUT2D eigenvalue weighted by molar-refractivity contribution is 5.70. The van der Waals surface area contributed by atoms with E-state index in [0.717, 1.165) is 0 Å². The third-order valence-electron chi connectivity index (χ3n) is 1.73. The smallest absolute Gasteiger partial charge is 0.280 e. The van der Waals surface area contributed by atoms with Gasteiger partial charge in [0.2, 0.25) is 0 Å². The second kappa shape index (κ2) is 2.20. The minimum atomic E-state index is -0.121. The lowest BCUT2D eigenvalue weighted by Crippen LogP contribution is -2.15. The van der Waals surface area contributed by atoms with Crippen LogP contribution in [0.2, 0.25) is 0 Å². The fraction of sp³-hybridized carbons (Fsp3) is 0.250. The molecule has 0 amide bonds. The maximum atomic E-state index is 11.4. The molecular formula is C8H8N2O2. The highest BCUT2D eigenvalue weighted by atomic mass is 16.3. The Morgan fingerprint density at radius 3 is 3.08 bits per heavy atom. The van der Waals surface area contributed by atoms with Crippen LogP contribution >= 0.6 is 0 Å². The van der Waals surface area contributed by atoms with Crippen molar-refractivity contribution in [3.05, 3.63) is 28.5 Å². The molecule has 0 fully saturated rings. The Kier molecular flexibility index (Phi) is 1.30. The maximum Gasteiger partial charge on any atom is 0.280 e. The summed E-state index contributed by atoms with van der Waals surface area (Å²) in [6.45, 7) is 1.72. The fourth-order valence-corrected chi connectivity index (χ4v) is 1.12. The molecule has 0 unspecified atom stereocenters. The van der Waals surface area contributed by atoms with Gasteiger partial charge in [-0.2, -0.15) is 0 Å². The standard InChI is InChI=1S/C8H8N2O2/c1-5-9-7-6(12-5)3-4-10(2)8(7)11/h3-4H,1-2H3. The van der Waals surface area contributed by atoms with Crippen LogP contribution in [0.1, 0.15) is 5.89 Å². The van der Waals surface area contributed by atoms with E-state index in [0.29, 0.717) is 17.0 Å². The Labute approximate surface area is 68.4 Å². The average Bonchev–Trinajstić information content (AvgIpc) is 2.39. The summed E-state index contributed by atoms with van der Waals surface area (Å²) in [5.74, 6) is 0.522. The monoisotopic (exact) mass is 164 g/mol. The predicted octanol–water partition coefficient (Wildman–Crippen LogP) is 0.835. The van der Waals surface area contributed by atoms with Crippen molar-refractivity contribution in [1.82, 2.24) is 9.55 Å². The maximum absolute atomic E-state index is 11.4. The summed E-state index contributed by atoms with van der Waals surface area (Å²) in [5.41, 5.74) is 0.831. The highest BCUT2D eigenvalue weighted by Crippen LogP contribution is 2.09. The van der Waals surface area contributed by atoms with Crippen LogP contribution in [0.25, 0.3) is 11.1 Å². The second-order valence-electron chi connectivity index (χ2n) is 2.68. The van der Waals surface area contributed by atoms with Gasteiger partial charge in [0.05, 0.1) is 0 Å². The van der Waals surface area contributed by atoms with Gasteiger partial charge in [-0.05, 0) is 6.07 Å². The van der Waals surface area contributed by atoms with Crippen LogP contribution < -0.4 is 5.56 Å². The molecule has 0 radical (unpaired) electrons. The Morgan fingerprint density at radius 1 is 1.58 bits per heavy atom. The minimum absolute atomic E-state index is 0.121.